The number of aliphatic hydroxyl groups excluding tert-OH is 1. The summed E-state index contributed by atoms with van der Waals surface area (Å²) < 4.78 is 12.5. The Kier molecular flexibility index (Phi) is 7.58. The molecule has 0 aliphatic carbocycles. The summed E-state index contributed by atoms with van der Waals surface area (Å²) in [5.41, 5.74) is 3.06. The van der Waals surface area contributed by atoms with Crippen LogP contribution >= 0.6 is 0 Å². The zero-order chi connectivity index (χ0) is 23.9. The van der Waals surface area contributed by atoms with Gasteiger partial charge in [-0.15, -0.1) is 0 Å². The quantitative estimate of drug-likeness (QED) is 0.395. The SMILES string of the molecule is OC(COc1cccc2ncccc12)CN1CCC(OC(c2ccncc2)c2ccncc2)CC1. The third-order valence-corrected chi connectivity index (χ3v) is 6.39. The first-order valence-electron chi connectivity index (χ1n) is 12.1. The number of aromatic nitrogens is 3. The van der Waals surface area contributed by atoms with Crippen LogP contribution < -0.4 is 4.74 Å². The number of pyridine rings is 3. The Bertz CT molecular complexity index is 1160. The van der Waals surface area contributed by atoms with Crippen LogP contribution in [0, 0.1) is 0 Å². The van der Waals surface area contributed by atoms with Crippen LogP contribution in [-0.2, 0) is 4.74 Å². The normalized spacial score (nSPS) is 15.9. The smallest absolute Gasteiger partial charge is 0.128 e. The number of ether oxygens (including phenoxy) is 2. The van der Waals surface area contributed by atoms with Crippen LogP contribution in [0.5, 0.6) is 5.75 Å². The maximum absolute atomic E-state index is 10.6. The summed E-state index contributed by atoms with van der Waals surface area (Å²) in [6, 6.07) is 17.7. The average Bonchev–Trinajstić information content (AvgIpc) is 2.92. The molecule has 1 saturated heterocycles. The van der Waals surface area contributed by atoms with Gasteiger partial charge in [-0.05, 0) is 72.5 Å². The van der Waals surface area contributed by atoms with E-state index >= 15 is 0 Å². The van der Waals surface area contributed by atoms with E-state index in [0.717, 1.165) is 53.7 Å². The molecule has 35 heavy (non-hydrogen) atoms. The second-order valence-electron chi connectivity index (χ2n) is 8.87. The first-order valence-corrected chi connectivity index (χ1v) is 12.1. The minimum absolute atomic E-state index is 0.147. The number of benzene rings is 1. The molecule has 1 atom stereocenters. The minimum atomic E-state index is -0.569. The predicted octanol–water partition coefficient (Wildman–Crippen LogP) is 4.04. The summed E-state index contributed by atoms with van der Waals surface area (Å²) >= 11 is 0. The number of β-amino-alcohol motifs (C(OH)–C–C–N with tert-alkyl or cyclic N) is 1. The molecule has 7 nitrogen and oxygen atoms in total. The summed E-state index contributed by atoms with van der Waals surface area (Å²) in [6.45, 7) is 2.57. The summed E-state index contributed by atoms with van der Waals surface area (Å²) in [5.74, 6) is 0.750. The third kappa shape index (κ3) is 6.00. The monoisotopic (exact) mass is 470 g/mol. The van der Waals surface area contributed by atoms with Gasteiger partial charge in [0.2, 0.25) is 0 Å². The molecule has 4 aromatic rings. The van der Waals surface area contributed by atoms with Crippen molar-refractivity contribution in [3.05, 3.63) is 96.7 Å². The highest BCUT2D eigenvalue weighted by molar-refractivity contribution is 5.84. The molecule has 0 radical (unpaired) electrons. The highest BCUT2D eigenvalue weighted by Crippen LogP contribution is 2.29. The molecule has 0 saturated carbocycles. The van der Waals surface area contributed by atoms with Gasteiger partial charge in [0, 0.05) is 56.0 Å². The Balaban J connectivity index is 1.13. The number of fused-ring (bicyclic) bond motifs is 1. The van der Waals surface area contributed by atoms with E-state index in [1.54, 1.807) is 31.0 Å². The van der Waals surface area contributed by atoms with Crippen molar-refractivity contribution in [3.8, 4) is 5.75 Å². The molecule has 1 N–H and O–H groups in total. The maximum atomic E-state index is 10.6. The van der Waals surface area contributed by atoms with Crippen LogP contribution in [0.1, 0.15) is 30.1 Å². The molecule has 0 bridgehead atoms. The molecule has 1 aromatic carbocycles. The Morgan fingerprint density at radius 2 is 1.54 bits per heavy atom. The number of hydrogen-bond donors (Lipinski definition) is 1. The largest absolute Gasteiger partial charge is 0.490 e. The highest BCUT2D eigenvalue weighted by Gasteiger charge is 2.26. The van der Waals surface area contributed by atoms with Crippen LogP contribution in [0.15, 0.2) is 85.6 Å². The van der Waals surface area contributed by atoms with E-state index in [1.165, 1.54) is 0 Å². The van der Waals surface area contributed by atoms with Gasteiger partial charge in [-0.25, -0.2) is 0 Å². The van der Waals surface area contributed by atoms with Gasteiger partial charge in [-0.1, -0.05) is 6.07 Å². The molecule has 0 amide bonds. The summed E-state index contributed by atoms with van der Waals surface area (Å²) in [6.07, 6.45) is 10.2. The minimum Gasteiger partial charge on any atom is -0.490 e. The molecule has 180 valence electrons. The molecule has 1 unspecified atom stereocenters. The molecule has 5 rings (SSSR count). The molecular formula is C28H30N4O3. The molecule has 1 aliphatic rings. The molecule has 0 spiro atoms. The average molecular weight is 471 g/mol. The molecule has 1 aliphatic heterocycles. The van der Waals surface area contributed by atoms with Gasteiger partial charge in [-0.2, -0.15) is 0 Å². The van der Waals surface area contributed by atoms with Crippen molar-refractivity contribution in [3.63, 3.8) is 0 Å². The lowest BCUT2D eigenvalue weighted by Gasteiger charge is -2.35. The molecule has 1 fully saturated rings. The van der Waals surface area contributed by atoms with Gasteiger partial charge in [0.1, 0.15) is 24.6 Å². The third-order valence-electron chi connectivity index (χ3n) is 6.39. The molecule has 4 heterocycles. The predicted molar refractivity (Wildman–Crippen MR) is 134 cm³/mol. The van der Waals surface area contributed by atoms with E-state index in [2.05, 4.69) is 19.9 Å². The lowest BCUT2D eigenvalue weighted by Crippen LogP contribution is -2.42. The number of aliphatic hydroxyl groups is 1. The fourth-order valence-electron chi connectivity index (χ4n) is 4.58. The first-order chi connectivity index (χ1) is 17.3. The van der Waals surface area contributed by atoms with Gasteiger partial charge in [0.25, 0.3) is 0 Å². The molecule has 7 heteroatoms. The van der Waals surface area contributed by atoms with E-state index in [9.17, 15) is 5.11 Å². The van der Waals surface area contributed by atoms with E-state index < -0.39 is 6.10 Å². The highest BCUT2D eigenvalue weighted by atomic mass is 16.5. The summed E-state index contributed by atoms with van der Waals surface area (Å²) in [4.78, 5) is 14.9. The number of nitrogens with zero attached hydrogens (tertiary/aromatic N) is 4. The van der Waals surface area contributed by atoms with Crippen LogP contribution in [0.2, 0.25) is 0 Å². The fourth-order valence-corrected chi connectivity index (χ4v) is 4.58. The zero-order valence-corrected chi connectivity index (χ0v) is 19.6. The van der Waals surface area contributed by atoms with E-state index in [4.69, 9.17) is 9.47 Å². The lowest BCUT2D eigenvalue weighted by atomic mass is 10.0. The number of piperidine rings is 1. The van der Waals surface area contributed by atoms with Crippen LogP contribution in [-0.4, -0.2) is 63.4 Å². The van der Waals surface area contributed by atoms with Crippen molar-refractivity contribution in [1.29, 1.82) is 0 Å². The molecular weight excluding hydrogens is 440 g/mol. The standard InChI is InChI=1S/C28H30N4O3/c33-23(20-34-27-5-1-4-26-25(27)3-2-12-31-26)19-32-17-10-24(11-18-32)35-28(21-6-13-29-14-7-21)22-8-15-30-16-9-22/h1-9,12-16,23-24,28,33H,10-11,17-20H2. The Labute approximate surface area is 205 Å². The summed E-state index contributed by atoms with van der Waals surface area (Å²) in [7, 11) is 0. The van der Waals surface area contributed by atoms with Gasteiger partial charge in [0.05, 0.1) is 11.6 Å². The van der Waals surface area contributed by atoms with E-state index in [0.29, 0.717) is 6.54 Å². The second kappa shape index (κ2) is 11.4. The topological polar surface area (TPSA) is 80.6 Å². The van der Waals surface area contributed by atoms with Gasteiger partial charge >= 0.3 is 0 Å². The maximum Gasteiger partial charge on any atom is 0.128 e. The van der Waals surface area contributed by atoms with Gasteiger partial charge in [0.15, 0.2) is 0 Å². The van der Waals surface area contributed by atoms with Crippen molar-refractivity contribution < 1.29 is 14.6 Å². The van der Waals surface area contributed by atoms with Crippen LogP contribution in [0.4, 0.5) is 0 Å². The van der Waals surface area contributed by atoms with Crippen LogP contribution in [0.3, 0.4) is 0 Å². The molecule has 3 aromatic heterocycles. The zero-order valence-electron chi connectivity index (χ0n) is 19.6. The van der Waals surface area contributed by atoms with Crippen molar-refractivity contribution in [2.75, 3.05) is 26.2 Å². The van der Waals surface area contributed by atoms with E-state index in [1.807, 2.05) is 54.6 Å². The Morgan fingerprint density at radius 1 is 0.857 bits per heavy atom. The Morgan fingerprint density at radius 3 is 2.23 bits per heavy atom. The van der Waals surface area contributed by atoms with Gasteiger partial charge in [-0.3, -0.25) is 15.0 Å². The number of rotatable bonds is 9. The summed E-state index contributed by atoms with van der Waals surface area (Å²) in [5, 5.41) is 11.6. The first kappa shape index (κ1) is 23.4. The van der Waals surface area contributed by atoms with Crippen molar-refractivity contribution in [1.82, 2.24) is 19.9 Å². The number of hydrogen-bond acceptors (Lipinski definition) is 7. The second-order valence-corrected chi connectivity index (χ2v) is 8.87. The van der Waals surface area contributed by atoms with Gasteiger partial charge < -0.3 is 19.5 Å². The van der Waals surface area contributed by atoms with Crippen LogP contribution in [0.25, 0.3) is 10.9 Å². The van der Waals surface area contributed by atoms with Crippen molar-refractivity contribution in [2.45, 2.75) is 31.2 Å². The Hall–Kier alpha value is -3.39. The number of likely N-dealkylation sites (tertiary alicyclic amines) is 1. The van der Waals surface area contributed by atoms with Crippen molar-refractivity contribution >= 4 is 10.9 Å². The lowest BCUT2D eigenvalue weighted by molar-refractivity contribution is -0.0346. The fraction of sp³-hybridized carbons (Fsp3) is 0.321. The van der Waals surface area contributed by atoms with E-state index in [-0.39, 0.29) is 18.8 Å². The van der Waals surface area contributed by atoms with Crippen molar-refractivity contribution in [2.24, 2.45) is 0 Å².